The minimum atomic E-state index is -0.538. The van der Waals surface area contributed by atoms with Gasteiger partial charge in [0.25, 0.3) is 5.56 Å². The van der Waals surface area contributed by atoms with Gasteiger partial charge in [0.15, 0.2) is 5.69 Å². The zero-order chi connectivity index (χ0) is 18.1. The highest BCUT2D eigenvalue weighted by Crippen LogP contribution is 2.27. The summed E-state index contributed by atoms with van der Waals surface area (Å²) in [4.78, 5) is 23.5. The van der Waals surface area contributed by atoms with Crippen LogP contribution in [0.4, 0.5) is 0 Å². The lowest BCUT2D eigenvalue weighted by molar-refractivity contribution is 0.0461. The summed E-state index contributed by atoms with van der Waals surface area (Å²) in [7, 11) is 1.50. The third-order valence-corrected chi connectivity index (χ3v) is 4.08. The van der Waals surface area contributed by atoms with Gasteiger partial charge in [-0.2, -0.15) is 5.10 Å². The molecule has 0 radical (unpaired) electrons. The van der Waals surface area contributed by atoms with Crippen molar-refractivity contribution in [2.75, 3.05) is 0 Å². The van der Waals surface area contributed by atoms with Crippen LogP contribution in [0.2, 0.25) is 0 Å². The predicted octanol–water partition coefficient (Wildman–Crippen LogP) is 3.05. The van der Waals surface area contributed by atoms with Gasteiger partial charge in [-0.25, -0.2) is 9.48 Å². The Kier molecular flexibility index (Phi) is 4.92. The molecular weight excluding hydrogens is 304 g/mol. The molecule has 2 aromatic rings. The van der Waals surface area contributed by atoms with Gasteiger partial charge in [0.1, 0.15) is 6.61 Å². The molecule has 5 heteroatoms. The molecule has 0 N–H and O–H groups in total. The number of esters is 1. The van der Waals surface area contributed by atoms with Crippen LogP contribution in [0.3, 0.4) is 0 Å². The van der Waals surface area contributed by atoms with Crippen LogP contribution in [0.5, 0.6) is 0 Å². The van der Waals surface area contributed by atoms with Gasteiger partial charge < -0.3 is 4.74 Å². The maximum atomic E-state index is 12.1. The smallest absolute Gasteiger partial charge is 0.359 e. The first-order valence-electron chi connectivity index (χ1n) is 7.91. The molecule has 0 atom stereocenters. The highest BCUT2D eigenvalue weighted by atomic mass is 16.5. The van der Waals surface area contributed by atoms with E-state index in [-0.39, 0.29) is 23.3 Å². The first-order chi connectivity index (χ1) is 11.1. The van der Waals surface area contributed by atoms with E-state index in [2.05, 4.69) is 38.0 Å². The van der Waals surface area contributed by atoms with Gasteiger partial charge >= 0.3 is 5.97 Å². The summed E-state index contributed by atoms with van der Waals surface area (Å²) in [6.07, 6.45) is 0. The molecule has 2 rings (SSSR count). The molecule has 0 aliphatic heterocycles. The van der Waals surface area contributed by atoms with Crippen molar-refractivity contribution in [1.29, 1.82) is 0 Å². The number of carbonyl (C=O) groups is 1. The molecule has 24 heavy (non-hydrogen) atoms. The van der Waals surface area contributed by atoms with Crippen molar-refractivity contribution in [2.24, 2.45) is 7.05 Å². The van der Waals surface area contributed by atoms with Gasteiger partial charge in [0, 0.05) is 13.1 Å². The van der Waals surface area contributed by atoms with Crippen LogP contribution < -0.4 is 5.56 Å². The van der Waals surface area contributed by atoms with Crippen LogP contribution in [0.1, 0.15) is 53.5 Å². The van der Waals surface area contributed by atoms with Crippen LogP contribution in [-0.4, -0.2) is 15.7 Å². The molecule has 0 bridgehead atoms. The van der Waals surface area contributed by atoms with Crippen molar-refractivity contribution in [3.05, 3.63) is 62.6 Å². The Morgan fingerprint density at radius 1 is 1.17 bits per heavy atom. The summed E-state index contributed by atoms with van der Waals surface area (Å²) >= 11 is 0. The maximum Gasteiger partial charge on any atom is 0.359 e. The van der Waals surface area contributed by atoms with Gasteiger partial charge in [-0.15, -0.1) is 0 Å². The molecule has 0 spiro atoms. The van der Waals surface area contributed by atoms with Gasteiger partial charge in [-0.1, -0.05) is 32.9 Å². The molecule has 0 saturated carbocycles. The Labute approximate surface area is 142 Å². The lowest BCUT2D eigenvalue weighted by atomic mass is 9.84. The van der Waals surface area contributed by atoms with Gasteiger partial charge in [0.2, 0.25) is 0 Å². The van der Waals surface area contributed by atoms with E-state index >= 15 is 0 Å². The largest absolute Gasteiger partial charge is 0.456 e. The van der Waals surface area contributed by atoms with Crippen molar-refractivity contribution in [3.63, 3.8) is 0 Å². The number of benzene rings is 1. The standard InChI is InChI=1S/C19H24N2O3/c1-12-9-14(19(3,4)5)10-13(2)15(12)11-24-18(23)16-7-8-17(22)21(6)20-16/h7-10H,11H2,1-6H3. The number of hydrogen-bond acceptors (Lipinski definition) is 4. The Morgan fingerprint density at radius 3 is 2.25 bits per heavy atom. The highest BCUT2D eigenvalue weighted by molar-refractivity contribution is 5.86. The second-order valence-corrected chi connectivity index (χ2v) is 7.10. The van der Waals surface area contributed by atoms with Gasteiger partial charge in [-0.05, 0) is 47.6 Å². The fraction of sp³-hybridized carbons (Fsp3) is 0.421. The number of aromatic nitrogens is 2. The van der Waals surface area contributed by atoms with Crippen molar-refractivity contribution >= 4 is 5.97 Å². The Bertz CT molecular complexity index is 806. The highest BCUT2D eigenvalue weighted by Gasteiger charge is 2.17. The summed E-state index contributed by atoms with van der Waals surface area (Å²) in [5, 5.41) is 3.91. The number of carbonyl (C=O) groups excluding carboxylic acids is 1. The number of ether oxygens (including phenoxy) is 1. The zero-order valence-electron chi connectivity index (χ0n) is 15.1. The van der Waals surface area contributed by atoms with E-state index in [1.54, 1.807) is 0 Å². The lowest BCUT2D eigenvalue weighted by Gasteiger charge is -2.22. The molecule has 0 aliphatic carbocycles. The molecule has 0 aliphatic rings. The van der Waals surface area contributed by atoms with Crippen molar-refractivity contribution in [1.82, 2.24) is 9.78 Å². The fourth-order valence-electron chi connectivity index (χ4n) is 2.48. The number of aryl methyl sites for hydroxylation is 3. The van der Waals surface area contributed by atoms with Crippen LogP contribution >= 0.6 is 0 Å². The zero-order valence-corrected chi connectivity index (χ0v) is 15.1. The Hall–Kier alpha value is -2.43. The Morgan fingerprint density at radius 2 is 1.75 bits per heavy atom. The predicted molar refractivity (Wildman–Crippen MR) is 93.2 cm³/mol. The van der Waals surface area contributed by atoms with E-state index in [9.17, 15) is 9.59 Å². The van der Waals surface area contributed by atoms with Gasteiger partial charge in [0.05, 0.1) is 0 Å². The number of rotatable bonds is 3. The van der Waals surface area contributed by atoms with E-state index < -0.39 is 5.97 Å². The molecule has 1 aromatic heterocycles. The third-order valence-electron chi connectivity index (χ3n) is 4.08. The monoisotopic (exact) mass is 328 g/mol. The van der Waals surface area contributed by atoms with Crippen LogP contribution in [-0.2, 0) is 23.8 Å². The van der Waals surface area contributed by atoms with E-state index in [1.807, 2.05) is 13.8 Å². The lowest BCUT2D eigenvalue weighted by Crippen LogP contribution is -2.22. The van der Waals surface area contributed by atoms with E-state index in [0.29, 0.717) is 0 Å². The summed E-state index contributed by atoms with van der Waals surface area (Å²) in [6, 6.07) is 6.96. The summed E-state index contributed by atoms with van der Waals surface area (Å²) in [5.41, 5.74) is 4.38. The summed E-state index contributed by atoms with van der Waals surface area (Å²) in [5.74, 6) is -0.538. The first-order valence-corrected chi connectivity index (χ1v) is 7.91. The van der Waals surface area contributed by atoms with Crippen molar-refractivity contribution in [3.8, 4) is 0 Å². The Balaban J connectivity index is 2.18. The molecule has 128 valence electrons. The normalized spacial score (nSPS) is 11.4. The molecule has 0 amide bonds. The maximum absolute atomic E-state index is 12.1. The quantitative estimate of drug-likeness (QED) is 0.813. The second kappa shape index (κ2) is 6.59. The average molecular weight is 328 g/mol. The molecule has 1 aromatic carbocycles. The second-order valence-electron chi connectivity index (χ2n) is 7.10. The molecule has 0 saturated heterocycles. The number of nitrogens with zero attached hydrogens (tertiary/aromatic N) is 2. The molecule has 0 unspecified atom stereocenters. The molecule has 0 fully saturated rings. The van der Waals surface area contributed by atoms with Gasteiger partial charge in [-0.3, -0.25) is 4.79 Å². The summed E-state index contributed by atoms with van der Waals surface area (Å²) < 4.78 is 6.50. The summed E-state index contributed by atoms with van der Waals surface area (Å²) in [6.45, 7) is 10.8. The van der Waals surface area contributed by atoms with E-state index in [1.165, 1.54) is 24.7 Å². The number of hydrogen-bond donors (Lipinski definition) is 0. The fourth-order valence-corrected chi connectivity index (χ4v) is 2.48. The molecule has 1 heterocycles. The average Bonchev–Trinajstić information content (AvgIpc) is 2.47. The van der Waals surface area contributed by atoms with Crippen molar-refractivity contribution < 1.29 is 9.53 Å². The first kappa shape index (κ1) is 17.9. The van der Waals surface area contributed by atoms with Crippen LogP contribution in [0.25, 0.3) is 0 Å². The minimum Gasteiger partial charge on any atom is -0.456 e. The molecule has 5 nitrogen and oxygen atoms in total. The minimum absolute atomic E-state index is 0.0729. The molecular formula is C19H24N2O3. The van der Waals surface area contributed by atoms with Crippen molar-refractivity contribution in [2.45, 2.75) is 46.6 Å². The topological polar surface area (TPSA) is 61.2 Å². The van der Waals surface area contributed by atoms with E-state index in [0.717, 1.165) is 21.4 Å². The third kappa shape index (κ3) is 3.91. The van der Waals surface area contributed by atoms with Crippen LogP contribution in [0.15, 0.2) is 29.1 Å². The van der Waals surface area contributed by atoms with E-state index in [4.69, 9.17) is 4.74 Å². The SMILES string of the molecule is Cc1cc(C(C)(C)C)cc(C)c1COC(=O)c1ccc(=O)n(C)n1. The van der Waals surface area contributed by atoms with Crippen LogP contribution in [0, 0.1) is 13.8 Å².